The second-order valence-electron chi connectivity index (χ2n) is 4.44. The van der Waals surface area contributed by atoms with E-state index in [-0.39, 0.29) is 12.4 Å². The van der Waals surface area contributed by atoms with Crippen LogP contribution < -0.4 is 5.73 Å². The minimum absolute atomic E-state index is 0. The molecule has 0 atom stereocenters. The quantitative estimate of drug-likeness (QED) is 0.879. The van der Waals surface area contributed by atoms with Gasteiger partial charge in [-0.05, 0) is 44.0 Å². The van der Waals surface area contributed by atoms with Crippen LogP contribution in [-0.4, -0.2) is 24.5 Å². The molecule has 2 N–H and O–H groups in total. The Morgan fingerprint density at radius 3 is 2.31 bits per heavy atom. The minimum atomic E-state index is 0. The summed E-state index contributed by atoms with van der Waals surface area (Å²) in [5.74, 6) is 0.761. The van der Waals surface area contributed by atoms with Crippen LogP contribution in [0.3, 0.4) is 0 Å². The first-order valence-electron chi connectivity index (χ1n) is 5.85. The molecule has 16 heavy (non-hydrogen) atoms. The Kier molecular flexibility index (Phi) is 5.81. The van der Waals surface area contributed by atoms with Crippen LogP contribution in [0.5, 0.6) is 0 Å². The van der Waals surface area contributed by atoms with E-state index in [4.69, 9.17) is 5.73 Å². The Bertz CT molecular complexity index is 281. The van der Waals surface area contributed by atoms with Gasteiger partial charge in [-0.15, -0.1) is 12.4 Å². The van der Waals surface area contributed by atoms with Gasteiger partial charge in [-0.1, -0.05) is 30.3 Å². The number of rotatable bonds is 3. The first-order chi connectivity index (χ1) is 7.38. The van der Waals surface area contributed by atoms with Gasteiger partial charge >= 0.3 is 0 Å². The zero-order chi connectivity index (χ0) is 10.5. The summed E-state index contributed by atoms with van der Waals surface area (Å²) < 4.78 is 0. The van der Waals surface area contributed by atoms with Crippen LogP contribution in [0, 0.1) is 5.92 Å². The van der Waals surface area contributed by atoms with E-state index < -0.39 is 0 Å². The number of piperidine rings is 1. The third-order valence-electron chi connectivity index (χ3n) is 3.29. The molecule has 2 rings (SSSR count). The summed E-state index contributed by atoms with van der Waals surface area (Å²) in [6.07, 6.45) is 2.53. The van der Waals surface area contributed by atoms with E-state index in [9.17, 15) is 0 Å². The van der Waals surface area contributed by atoms with Gasteiger partial charge in [-0.2, -0.15) is 0 Å². The van der Waals surface area contributed by atoms with E-state index in [0.29, 0.717) is 0 Å². The fraction of sp³-hybridized carbons (Fsp3) is 0.538. The summed E-state index contributed by atoms with van der Waals surface area (Å²) in [5, 5.41) is 0. The highest BCUT2D eigenvalue weighted by Gasteiger charge is 2.17. The van der Waals surface area contributed by atoms with Crippen molar-refractivity contribution in [1.82, 2.24) is 4.90 Å². The summed E-state index contributed by atoms with van der Waals surface area (Å²) in [4.78, 5) is 2.53. The van der Waals surface area contributed by atoms with Gasteiger partial charge in [0.25, 0.3) is 0 Å². The molecule has 0 unspecified atom stereocenters. The summed E-state index contributed by atoms with van der Waals surface area (Å²) in [6, 6.07) is 10.7. The molecular weight excluding hydrogens is 220 g/mol. The van der Waals surface area contributed by atoms with Crippen molar-refractivity contribution in [1.29, 1.82) is 0 Å². The zero-order valence-electron chi connectivity index (χ0n) is 9.64. The second kappa shape index (κ2) is 6.89. The van der Waals surface area contributed by atoms with Gasteiger partial charge in [0.1, 0.15) is 0 Å². The van der Waals surface area contributed by atoms with Crippen LogP contribution in [0.4, 0.5) is 0 Å². The molecule has 3 heteroatoms. The first kappa shape index (κ1) is 13.5. The van der Waals surface area contributed by atoms with Crippen LogP contribution >= 0.6 is 12.4 Å². The Morgan fingerprint density at radius 1 is 1.12 bits per heavy atom. The van der Waals surface area contributed by atoms with Crippen molar-refractivity contribution >= 4 is 12.4 Å². The van der Waals surface area contributed by atoms with Crippen LogP contribution in [0.25, 0.3) is 0 Å². The van der Waals surface area contributed by atoms with Crippen LogP contribution in [0.1, 0.15) is 18.4 Å². The van der Waals surface area contributed by atoms with Crippen LogP contribution in [-0.2, 0) is 6.54 Å². The van der Waals surface area contributed by atoms with E-state index in [1.807, 2.05) is 0 Å². The molecule has 1 aromatic carbocycles. The lowest BCUT2D eigenvalue weighted by Gasteiger charge is -2.31. The molecule has 1 aromatic rings. The van der Waals surface area contributed by atoms with Crippen molar-refractivity contribution in [3.05, 3.63) is 35.9 Å². The third-order valence-corrected chi connectivity index (χ3v) is 3.29. The Balaban J connectivity index is 0.00000128. The van der Waals surface area contributed by atoms with E-state index in [1.165, 1.54) is 31.5 Å². The minimum Gasteiger partial charge on any atom is -0.330 e. The molecule has 90 valence electrons. The summed E-state index contributed by atoms with van der Waals surface area (Å²) >= 11 is 0. The van der Waals surface area contributed by atoms with Gasteiger partial charge in [0.05, 0.1) is 0 Å². The highest BCUT2D eigenvalue weighted by atomic mass is 35.5. The van der Waals surface area contributed by atoms with Crippen molar-refractivity contribution in [2.45, 2.75) is 19.4 Å². The molecule has 0 aliphatic carbocycles. The molecule has 1 aliphatic heterocycles. The Labute approximate surface area is 104 Å². The molecule has 1 heterocycles. The fourth-order valence-electron chi connectivity index (χ4n) is 2.22. The number of halogens is 1. The lowest BCUT2D eigenvalue weighted by atomic mass is 9.97. The topological polar surface area (TPSA) is 29.3 Å². The molecule has 0 bridgehead atoms. The van der Waals surface area contributed by atoms with Gasteiger partial charge < -0.3 is 5.73 Å². The van der Waals surface area contributed by atoms with Gasteiger partial charge in [0, 0.05) is 6.54 Å². The zero-order valence-corrected chi connectivity index (χ0v) is 10.5. The highest BCUT2D eigenvalue weighted by molar-refractivity contribution is 5.85. The van der Waals surface area contributed by atoms with Gasteiger partial charge in [-0.3, -0.25) is 4.90 Å². The maximum Gasteiger partial charge on any atom is 0.0233 e. The second-order valence-corrected chi connectivity index (χ2v) is 4.44. The van der Waals surface area contributed by atoms with E-state index in [0.717, 1.165) is 19.0 Å². The molecule has 1 aliphatic rings. The largest absolute Gasteiger partial charge is 0.330 e. The SMILES string of the molecule is Cl.NCC1CCN(Cc2ccccc2)CC1. The van der Waals surface area contributed by atoms with Gasteiger partial charge in [-0.25, -0.2) is 0 Å². The van der Waals surface area contributed by atoms with Crippen LogP contribution in [0.2, 0.25) is 0 Å². The molecule has 1 saturated heterocycles. The molecule has 2 nitrogen and oxygen atoms in total. The van der Waals surface area contributed by atoms with Crippen LogP contribution in [0.15, 0.2) is 30.3 Å². The molecule has 0 amide bonds. The van der Waals surface area contributed by atoms with Crippen molar-refractivity contribution < 1.29 is 0 Å². The van der Waals surface area contributed by atoms with Gasteiger partial charge in [0.15, 0.2) is 0 Å². The lowest BCUT2D eigenvalue weighted by Crippen LogP contribution is -2.35. The number of nitrogens with zero attached hydrogens (tertiary/aromatic N) is 1. The average Bonchev–Trinajstić information content (AvgIpc) is 2.31. The van der Waals surface area contributed by atoms with E-state index >= 15 is 0 Å². The van der Waals surface area contributed by atoms with Crippen molar-refractivity contribution in [3.8, 4) is 0 Å². The van der Waals surface area contributed by atoms with Crippen molar-refractivity contribution in [3.63, 3.8) is 0 Å². The number of benzene rings is 1. The number of hydrogen-bond donors (Lipinski definition) is 1. The molecule has 0 saturated carbocycles. The molecule has 1 fully saturated rings. The maximum absolute atomic E-state index is 5.68. The highest BCUT2D eigenvalue weighted by Crippen LogP contribution is 2.17. The lowest BCUT2D eigenvalue weighted by molar-refractivity contribution is 0.180. The monoisotopic (exact) mass is 240 g/mol. The van der Waals surface area contributed by atoms with Gasteiger partial charge in [0.2, 0.25) is 0 Å². The first-order valence-corrected chi connectivity index (χ1v) is 5.85. The van der Waals surface area contributed by atoms with Crippen molar-refractivity contribution in [2.24, 2.45) is 11.7 Å². The molecule has 0 spiro atoms. The maximum atomic E-state index is 5.68. The summed E-state index contributed by atoms with van der Waals surface area (Å²) in [7, 11) is 0. The average molecular weight is 241 g/mol. The number of hydrogen-bond acceptors (Lipinski definition) is 2. The predicted octanol–water partition coefficient (Wildman–Crippen LogP) is 2.28. The fourth-order valence-corrected chi connectivity index (χ4v) is 2.22. The third kappa shape index (κ3) is 3.78. The standard InChI is InChI=1S/C13H20N2.ClH/c14-10-12-6-8-15(9-7-12)11-13-4-2-1-3-5-13;/h1-5,12H,6-11,14H2;1H. The Hall–Kier alpha value is -0.570. The van der Waals surface area contributed by atoms with E-state index in [1.54, 1.807) is 0 Å². The number of nitrogens with two attached hydrogens (primary N) is 1. The predicted molar refractivity (Wildman–Crippen MR) is 70.7 cm³/mol. The van der Waals surface area contributed by atoms with Crippen molar-refractivity contribution in [2.75, 3.05) is 19.6 Å². The Morgan fingerprint density at radius 2 is 1.75 bits per heavy atom. The molecule has 0 aromatic heterocycles. The molecular formula is C13H21ClN2. The number of likely N-dealkylation sites (tertiary alicyclic amines) is 1. The normalized spacial score (nSPS) is 18.1. The molecule has 0 radical (unpaired) electrons. The smallest absolute Gasteiger partial charge is 0.0233 e. The van der Waals surface area contributed by atoms with E-state index in [2.05, 4.69) is 35.2 Å². The summed E-state index contributed by atoms with van der Waals surface area (Å²) in [5.41, 5.74) is 7.10. The summed E-state index contributed by atoms with van der Waals surface area (Å²) in [6.45, 7) is 4.37.